The van der Waals surface area contributed by atoms with Crippen LogP contribution in [-0.4, -0.2) is 51.3 Å². The number of thioether (sulfide) groups is 1. The Morgan fingerprint density at radius 2 is 1.93 bits per heavy atom. The summed E-state index contributed by atoms with van der Waals surface area (Å²) in [5.74, 6) is 1.95. The van der Waals surface area contributed by atoms with Crippen LogP contribution in [0.25, 0.3) is 17.3 Å². The number of hydrogen-bond acceptors (Lipinski definition) is 9. The molecule has 1 aliphatic rings. The first-order chi connectivity index (χ1) is 14.8. The Balaban J connectivity index is 1.42. The van der Waals surface area contributed by atoms with Crippen molar-refractivity contribution in [3.8, 4) is 17.3 Å². The molecule has 154 valence electrons. The first-order valence-corrected chi connectivity index (χ1v) is 10.3. The lowest BCUT2D eigenvalue weighted by molar-refractivity contribution is 0.122. The SMILES string of the molecule is Fc1cccc(-n2c(SCc3nnc(-c4ccco4)o3)nnc2N2CCOCC2)c1. The molecule has 0 spiro atoms. The van der Waals surface area contributed by atoms with Gasteiger partial charge in [-0.25, -0.2) is 4.39 Å². The van der Waals surface area contributed by atoms with Crippen LogP contribution in [0.1, 0.15) is 5.89 Å². The average molecular weight is 428 g/mol. The summed E-state index contributed by atoms with van der Waals surface area (Å²) in [5, 5.41) is 17.4. The van der Waals surface area contributed by atoms with Crippen LogP contribution in [0.2, 0.25) is 0 Å². The van der Waals surface area contributed by atoms with Crippen molar-refractivity contribution in [1.82, 2.24) is 25.0 Å². The molecule has 4 aromatic rings. The number of aromatic nitrogens is 5. The van der Waals surface area contributed by atoms with E-state index in [-0.39, 0.29) is 5.82 Å². The van der Waals surface area contributed by atoms with Crippen molar-refractivity contribution in [2.24, 2.45) is 0 Å². The highest BCUT2D eigenvalue weighted by Crippen LogP contribution is 2.30. The van der Waals surface area contributed by atoms with Crippen molar-refractivity contribution < 1.29 is 18.0 Å². The fraction of sp³-hybridized carbons (Fsp3) is 0.263. The van der Waals surface area contributed by atoms with Crippen molar-refractivity contribution >= 4 is 17.7 Å². The Bertz CT molecular complexity index is 1120. The second kappa shape index (κ2) is 8.28. The van der Waals surface area contributed by atoms with Crippen LogP contribution in [0.4, 0.5) is 10.3 Å². The molecule has 1 aromatic carbocycles. The molecule has 4 heterocycles. The number of rotatable bonds is 6. The highest BCUT2D eigenvalue weighted by atomic mass is 32.2. The van der Waals surface area contributed by atoms with E-state index in [0.717, 1.165) is 0 Å². The number of anilines is 1. The topological polar surface area (TPSA) is 95.2 Å². The molecule has 1 fully saturated rings. The van der Waals surface area contributed by atoms with Gasteiger partial charge in [0, 0.05) is 13.1 Å². The molecule has 0 N–H and O–H groups in total. The number of ether oxygens (including phenoxy) is 1. The molecular formula is C19H17FN6O3S. The monoisotopic (exact) mass is 428 g/mol. The van der Waals surface area contributed by atoms with E-state index in [0.29, 0.717) is 66.4 Å². The van der Waals surface area contributed by atoms with Gasteiger partial charge in [0.05, 0.1) is 30.9 Å². The van der Waals surface area contributed by atoms with Crippen LogP contribution in [0.15, 0.2) is 56.7 Å². The van der Waals surface area contributed by atoms with Gasteiger partial charge in [-0.2, -0.15) is 0 Å². The Morgan fingerprint density at radius 3 is 2.73 bits per heavy atom. The standard InChI is InChI=1S/C19H17FN6O3S/c20-13-3-1-4-14(11-13)26-18(25-6-9-27-10-7-25)23-24-19(26)30-12-16-21-22-17(29-16)15-5-2-8-28-15/h1-5,8,11H,6-7,9-10,12H2. The smallest absolute Gasteiger partial charge is 0.283 e. The molecule has 1 saturated heterocycles. The molecule has 0 atom stereocenters. The summed E-state index contributed by atoms with van der Waals surface area (Å²) >= 11 is 1.38. The van der Waals surface area contributed by atoms with Crippen LogP contribution >= 0.6 is 11.8 Å². The second-order valence-corrected chi connectivity index (χ2v) is 7.41. The van der Waals surface area contributed by atoms with Gasteiger partial charge >= 0.3 is 0 Å². The highest BCUT2D eigenvalue weighted by molar-refractivity contribution is 7.98. The average Bonchev–Trinajstić information content (AvgIpc) is 3.53. The zero-order valence-electron chi connectivity index (χ0n) is 15.8. The number of nitrogens with zero attached hydrogens (tertiary/aromatic N) is 6. The van der Waals surface area contributed by atoms with Gasteiger partial charge in [-0.1, -0.05) is 17.8 Å². The molecule has 0 unspecified atom stereocenters. The number of halogens is 1. The van der Waals surface area contributed by atoms with Gasteiger partial charge in [-0.15, -0.1) is 20.4 Å². The van der Waals surface area contributed by atoms with E-state index < -0.39 is 0 Å². The third-order valence-corrected chi connectivity index (χ3v) is 5.41. The third kappa shape index (κ3) is 3.81. The zero-order valence-corrected chi connectivity index (χ0v) is 16.6. The molecular weight excluding hydrogens is 411 g/mol. The Labute approximate surface area is 174 Å². The normalized spacial score (nSPS) is 14.4. The van der Waals surface area contributed by atoms with Gasteiger partial charge in [0.25, 0.3) is 5.89 Å². The fourth-order valence-electron chi connectivity index (χ4n) is 3.10. The molecule has 0 bridgehead atoms. The zero-order chi connectivity index (χ0) is 20.3. The number of morpholine rings is 1. The summed E-state index contributed by atoms with van der Waals surface area (Å²) in [5.41, 5.74) is 0.644. The first kappa shape index (κ1) is 18.8. The molecule has 0 saturated carbocycles. The van der Waals surface area contributed by atoms with Crippen LogP contribution in [-0.2, 0) is 10.5 Å². The van der Waals surface area contributed by atoms with Crippen LogP contribution in [0.3, 0.4) is 0 Å². The van der Waals surface area contributed by atoms with E-state index in [1.54, 1.807) is 24.5 Å². The summed E-state index contributed by atoms with van der Waals surface area (Å²) in [4.78, 5) is 2.08. The molecule has 9 nitrogen and oxygen atoms in total. The predicted molar refractivity (Wildman–Crippen MR) is 106 cm³/mol. The minimum absolute atomic E-state index is 0.316. The maximum Gasteiger partial charge on any atom is 0.283 e. The van der Waals surface area contributed by atoms with E-state index in [9.17, 15) is 4.39 Å². The molecule has 5 rings (SSSR count). The second-order valence-electron chi connectivity index (χ2n) is 6.46. The maximum atomic E-state index is 13.9. The lowest BCUT2D eigenvalue weighted by atomic mass is 10.3. The summed E-state index contributed by atoms with van der Waals surface area (Å²) in [7, 11) is 0. The summed E-state index contributed by atoms with van der Waals surface area (Å²) in [6.07, 6.45) is 1.54. The lowest BCUT2D eigenvalue weighted by Gasteiger charge is -2.27. The Kier molecular flexibility index (Phi) is 5.20. The molecule has 0 radical (unpaired) electrons. The van der Waals surface area contributed by atoms with Crippen molar-refractivity contribution in [1.29, 1.82) is 0 Å². The molecule has 11 heteroatoms. The van der Waals surface area contributed by atoms with Gasteiger partial charge in [-0.05, 0) is 30.3 Å². The van der Waals surface area contributed by atoms with Gasteiger partial charge in [-0.3, -0.25) is 4.57 Å². The van der Waals surface area contributed by atoms with Crippen LogP contribution in [0, 0.1) is 5.82 Å². The Morgan fingerprint density at radius 1 is 1.03 bits per heavy atom. The number of benzene rings is 1. The Hall–Kier alpha value is -3.18. The van der Waals surface area contributed by atoms with Crippen molar-refractivity contribution in [2.75, 3.05) is 31.2 Å². The molecule has 1 aliphatic heterocycles. The predicted octanol–water partition coefficient (Wildman–Crippen LogP) is 3.18. The fourth-order valence-corrected chi connectivity index (χ4v) is 3.89. The van der Waals surface area contributed by atoms with Crippen molar-refractivity contribution in [3.63, 3.8) is 0 Å². The molecule has 30 heavy (non-hydrogen) atoms. The lowest BCUT2D eigenvalue weighted by Crippen LogP contribution is -2.37. The van der Waals surface area contributed by atoms with Gasteiger partial charge in [0.1, 0.15) is 5.82 Å². The first-order valence-electron chi connectivity index (χ1n) is 9.31. The molecule has 0 aliphatic carbocycles. The van der Waals surface area contributed by atoms with Crippen molar-refractivity contribution in [3.05, 3.63) is 54.4 Å². The minimum atomic E-state index is -0.329. The maximum absolute atomic E-state index is 13.9. The number of hydrogen-bond donors (Lipinski definition) is 0. The summed E-state index contributed by atoms with van der Waals surface area (Å²) < 4.78 is 32.1. The van der Waals surface area contributed by atoms with E-state index >= 15 is 0 Å². The molecule has 0 amide bonds. The van der Waals surface area contributed by atoms with Crippen LogP contribution in [0.5, 0.6) is 0 Å². The van der Waals surface area contributed by atoms with Gasteiger partial charge < -0.3 is 18.5 Å². The van der Waals surface area contributed by atoms with E-state index in [4.69, 9.17) is 13.6 Å². The van der Waals surface area contributed by atoms with Gasteiger partial charge in [0.2, 0.25) is 11.8 Å². The summed E-state index contributed by atoms with van der Waals surface area (Å²) in [6.45, 7) is 2.59. The van der Waals surface area contributed by atoms with Gasteiger partial charge in [0.15, 0.2) is 10.9 Å². The van der Waals surface area contributed by atoms with Crippen LogP contribution < -0.4 is 4.90 Å². The highest BCUT2D eigenvalue weighted by Gasteiger charge is 2.22. The van der Waals surface area contributed by atoms with E-state index in [2.05, 4.69) is 25.3 Å². The number of furan rings is 1. The van der Waals surface area contributed by atoms with Crippen molar-refractivity contribution in [2.45, 2.75) is 10.9 Å². The quantitative estimate of drug-likeness (QED) is 0.429. The third-order valence-electron chi connectivity index (χ3n) is 4.50. The molecule has 3 aromatic heterocycles. The minimum Gasteiger partial charge on any atom is -0.459 e. The van der Waals surface area contributed by atoms with E-state index in [1.165, 1.54) is 23.9 Å². The largest absolute Gasteiger partial charge is 0.459 e. The summed E-state index contributed by atoms with van der Waals surface area (Å²) in [6, 6.07) is 9.85. The van der Waals surface area contributed by atoms with E-state index in [1.807, 2.05) is 10.6 Å².